The zero-order valence-electron chi connectivity index (χ0n) is 27.9. The van der Waals surface area contributed by atoms with Crippen LogP contribution in [0.3, 0.4) is 0 Å². The number of hydrogen-bond donors (Lipinski definition) is 0. The first kappa shape index (κ1) is 29.5. The minimum atomic E-state index is 0.0309. The fourth-order valence-corrected chi connectivity index (χ4v) is 7.77. The van der Waals surface area contributed by atoms with Crippen LogP contribution in [-0.4, -0.2) is 5.54 Å². The summed E-state index contributed by atoms with van der Waals surface area (Å²) in [5.74, 6) is 0. The van der Waals surface area contributed by atoms with Gasteiger partial charge in [0, 0.05) is 33.9 Å². The molecule has 0 radical (unpaired) electrons. The molecule has 2 atom stereocenters. The molecule has 1 heterocycles. The molecule has 1 saturated carbocycles. The Morgan fingerprint density at radius 3 is 1.81 bits per heavy atom. The van der Waals surface area contributed by atoms with Crippen LogP contribution < -0.4 is 9.80 Å². The van der Waals surface area contributed by atoms with Crippen molar-refractivity contribution in [3.05, 3.63) is 113 Å². The Bertz CT molecular complexity index is 1590. The number of nitrogens with zero attached hydrogens (tertiary/aromatic N) is 2. The molecule has 2 nitrogen and oxygen atoms in total. The third-order valence-corrected chi connectivity index (χ3v) is 10.5. The highest BCUT2D eigenvalue weighted by Gasteiger charge is 2.57. The van der Waals surface area contributed by atoms with E-state index in [2.05, 4.69) is 163 Å². The number of aryl methyl sites for hydroxylation is 1. The second-order valence-electron chi connectivity index (χ2n) is 15.6. The second kappa shape index (κ2) is 10.3. The van der Waals surface area contributed by atoms with Crippen LogP contribution in [0.5, 0.6) is 0 Å². The average Bonchev–Trinajstić information content (AvgIpc) is 3.16. The van der Waals surface area contributed by atoms with Gasteiger partial charge in [-0.05, 0) is 108 Å². The molecular weight excluding hydrogens is 520 g/mol. The molecule has 6 rings (SSSR count). The Kier molecular flexibility index (Phi) is 7.07. The van der Waals surface area contributed by atoms with Crippen molar-refractivity contribution in [2.75, 3.05) is 9.80 Å². The molecule has 2 aliphatic rings. The van der Waals surface area contributed by atoms with Crippen LogP contribution in [0.4, 0.5) is 28.4 Å². The third-order valence-electron chi connectivity index (χ3n) is 10.5. The van der Waals surface area contributed by atoms with Gasteiger partial charge in [-0.25, -0.2) is 0 Å². The molecule has 0 bridgehead atoms. The predicted octanol–water partition coefficient (Wildman–Crippen LogP) is 11.8. The quantitative estimate of drug-likeness (QED) is 0.241. The third kappa shape index (κ3) is 4.97. The molecule has 224 valence electrons. The average molecular weight is 571 g/mol. The van der Waals surface area contributed by atoms with Gasteiger partial charge in [0.25, 0.3) is 0 Å². The predicted molar refractivity (Wildman–Crippen MR) is 186 cm³/mol. The lowest BCUT2D eigenvalue weighted by Gasteiger charge is -2.50. The van der Waals surface area contributed by atoms with Crippen LogP contribution in [0.25, 0.3) is 0 Å². The van der Waals surface area contributed by atoms with E-state index in [1.54, 1.807) is 0 Å². The fraction of sp³-hybridized carbons (Fsp3) is 0.415. The molecule has 1 fully saturated rings. The molecule has 0 amide bonds. The van der Waals surface area contributed by atoms with Crippen molar-refractivity contribution in [2.45, 2.75) is 110 Å². The Hall–Kier alpha value is -3.52. The fourth-order valence-electron chi connectivity index (χ4n) is 7.77. The summed E-state index contributed by atoms with van der Waals surface area (Å²) in [6.45, 7) is 21.1. The Labute approximate surface area is 260 Å². The summed E-state index contributed by atoms with van der Waals surface area (Å²) in [6, 6.07) is 34.7. The van der Waals surface area contributed by atoms with Gasteiger partial charge in [-0.1, -0.05) is 104 Å². The maximum atomic E-state index is 2.70. The summed E-state index contributed by atoms with van der Waals surface area (Å²) >= 11 is 0. The van der Waals surface area contributed by atoms with Crippen molar-refractivity contribution in [2.24, 2.45) is 0 Å². The van der Waals surface area contributed by atoms with Gasteiger partial charge in [-0.3, -0.25) is 0 Å². The highest BCUT2D eigenvalue weighted by molar-refractivity contribution is 5.83. The number of fused-ring (bicyclic) bond motifs is 3. The van der Waals surface area contributed by atoms with Gasteiger partial charge < -0.3 is 9.80 Å². The largest absolute Gasteiger partial charge is 0.334 e. The van der Waals surface area contributed by atoms with Crippen LogP contribution in [0.1, 0.15) is 103 Å². The summed E-state index contributed by atoms with van der Waals surface area (Å²) in [5, 5.41) is 0. The molecule has 1 aliphatic heterocycles. The molecule has 2 unspecified atom stereocenters. The van der Waals surface area contributed by atoms with Gasteiger partial charge in [0.2, 0.25) is 0 Å². The number of benzene rings is 4. The van der Waals surface area contributed by atoms with E-state index in [0.717, 1.165) is 0 Å². The van der Waals surface area contributed by atoms with Crippen LogP contribution in [0.2, 0.25) is 0 Å². The van der Waals surface area contributed by atoms with Crippen LogP contribution in [-0.2, 0) is 16.2 Å². The Morgan fingerprint density at radius 2 is 1.21 bits per heavy atom. The van der Waals surface area contributed by atoms with Gasteiger partial charge in [0.05, 0.1) is 5.54 Å². The normalized spacial score (nSPS) is 21.8. The van der Waals surface area contributed by atoms with E-state index in [-0.39, 0.29) is 21.8 Å². The van der Waals surface area contributed by atoms with Crippen molar-refractivity contribution in [1.29, 1.82) is 0 Å². The van der Waals surface area contributed by atoms with Gasteiger partial charge in [-0.15, -0.1) is 0 Å². The molecule has 4 aromatic carbocycles. The molecular formula is C41H50N2. The molecule has 1 aliphatic carbocycles. The number of rotatable bonds is 4. The van der Waals surface area contributed by atoms with Crippen molar-refractivity contribution in [3.8, 4) is 0 Å². The minimum absolute atomic E-state index is 0.0309. The molecule has 0 aromatic heterocycles. The van der Waals surface area contributed by atoms with E-state index >= 15 is 0 Å². The van der Waals surface area contributed by atoms with Crippen molar-refractivity contribution < 1.29 is 0 Å². The summed E-state index contributed by atoms with van der Waals surface area (Å²) in [7, 11) is 0. The van der Waals surface area contributed by atoms with Crippen molar-refractivity contribution in [3.63, 3.8) is 0 Å². The summed E-state index contributed by atoms with van der Waals surface area (Å²) in [4.78, 5) is 5.18. The molecule has 2 heteroatoms. The highest BCUT2D eigenvalue weighted by Crippen LogP contribution is 2.61. The summed E-state index contributed by atoms with van der Waals surface area (Å²) < 4.78 is 0. The van der Waals surface area contributed by atoms with Gasteiger partial charge in [0.15, 0.2) is 0 Å². The maximum absolute atomic E-state index is 2.70. The summed E-state index contributed by atoms with van der Waals surface area (Å²) in [6.07, 6.45) is 5.02. The van der Waals surface area contributed by atoms with E-state index in [0.29, 0.717) is 0 Å². The standard InChI is InChI=1S/C41H50N2/c1-29-24-34(28-35(25-29)43-37-21-11-10-20-36(37)40(8)22-12-13-23-41(40,43)9)42(32-18-14-16-30(26-32)38(2,3)4)33-19-15-17-31(27-33)39(5,6)7/h10-11,14-21,24-28H,12-13,22-23H2,1-9H3. The first-order chi connectivity index (χ1) is 20.2. The van der Waals surface area contributed by atoms with Gasteiger partial charge in [-0.2, -0.15) is 0 Å². The molecule has 0 N–H and O–H groups in total. The topological polar surface area (TPSA) is 6.48 Å². The van der Waals surface area contributed by atoms with E-state index in [1.165, 1.54) is 76.4 Å². The zero-order chi connectivity index (χ0) is 30.8. The van der Waals surface area contributed by atoms with Crippen molar-refractivity contribution >= 4 is 28.4 Å². The molecule has 0 saturated heterocycles. The van der Waals surface area contributed by atoms with Crippen LogP contribution in [0.15, 0.2) is 91.0 Å². The lowest BCUT2D eigenvalue weighted by atomic mass is 9.61. The van der Waals surface area contributed by atoms with Gasteiger partial charge >= 0.3 is 0 Å². The smallest absolute Gasteiger partial charge is 0.0517 e. The Morgan fingerprint density at radius 1 is 0.628 bits per heavy atom. The monoisotopic (exact) mass is 570 g/mol. The highest BCUT2D eigenvalue weighted by atomic mass is 15.3. The Balaban J connectivity index is 1.57. The molecule has 4 aromatic rings. The first-order valence-electron chi connectivity index (χ1n) is 16.3. The van der Waals surface area contributed by atoms with Crippen molar-refractivity contribution in [1.82, 2.24) is 0 Å². The number of hydrogen-bond acceptors (Lipinski definition) is 2. The van der Waals surface area contributed by atoms with E-state index in [4.69, 9.17) is 0 Å². The first-order valence-corrected chi connectivity index (χ1v) is 16.3. The van der Waals surface area contributed by atoms with Crippen LogP contribution in [0, 0.1) is 6.92 Å². The maximum Gasteiger partial charge on any atom is 0.0517 e. The lowest BCUT2D eigenvalue weighted by molar-refractivity contribution is 0.195. The van der Waals surface area contributed by atoms with E-state index in [1.807, 2.05) is 0 Å². The van der Waals surface area contributed by atoms with Gasteiger partial charge in [0.1, 0.15) is 0 Å². The second-order valence-corrected chi connectivity index (χ2v) is 15.6. The van der Waals surface area contributed by atoms with E-state index < -0.39 is 0 Å². The van der Waals surface area contributed by atoms with Crippen LogP contribution >= 0.6 is 0 Å². The minimum Gasteiger partial charge on any atom is -0.334 e. The number of anilines is 5. The molecule has 0 spiro atoms. The number of para-hydroxylation sites is 1. The van der Waals surface area contributed by atoms with E-state index in [9.17, 15) is 0 Å². The SMILES string of the molecule is Cc1cc(N(c2cccc(C(C)(C)C)c2)c2cccc(C(C)(C)C)c2)cc(N2c3ccccc3C3(C)CCCCC23C)c1. The lowest BCUT2D eigenvalue weighted by Crippen LogP contribution is -2.54. The zero-order valence-corrected chi connectivity index (χ0v) is 27.9. The molecule has 43 heavy (non-hydrogen) atoms. The summed E-state index contributed by atoms with van der Waals surface area (Å²) in [5.41, 5.74) is 12.0.